The largest absolute Gasteiger partial charge is 0.633 e. The molecule has 0 aromatic carbocycles. The predicted octanol–water partition coefficient (Wildman–Crippen LogP) is 4.85. The van der Waals surface area contributed by atoms with Crippen LogP contribution in [0.4, 0.5) is 0 Å². The molecule has 0 aliphatic carbocycles. The zero-order valence-electron chi connectivity index (χ0n) is 15.0. The van der Waals surface area contributed by atoms with Crippen LogP contribution in [-0.4, -0.2) is 37.9 Å². The van der Waals surface area contributed by atoms with Gasteiger partial charge in [-0.05, 0) is 19.9 Å². The number of nitrogens with zero attached hydrogens (tertiary/aromatic N) is 1. The second-order valence-corrected chi connectivity index (χ2v) is 6.62. The summed E-state index contributed by atoms with van der Waals surface area (Å²) in [5.74, 6) is 0. The zero-order valence-corrected chi connectivity index (χ0v) is 15.0. The number of unbranched alkanes of at least 4 members (excludes halogenated alkanes) is 9. The van der Waals surface area contributed by atoms with Gasteiger partial charge in [-0.15, -0.1) is 0 Å². The van der Waals surface area contributed by atoms with Gasteiger partial charge >= 0.3 is 0 Å². The fraction of sp³-hybridized carbons (Fsp3) is 1.00. The highest BCUT2D eigenvalue weighted by molar-refractivity contribution is 4.51. The number of hydrogen-bond donors (Lipinski definition) is 1. The van der Waals surface area contributed by atoms with Gasteiger partial charge in [0.05, 0.1) is 20.1 Å². The maximum atomic E-state index is 11.7. The third-order valence-corrected chi connectivity index (χ3v) is 4.36. The van der Waals surface area contributed by atoms with Crippen molar-refractivity contribution in [3.05, 3.63) is 5.21 Å². The maximum absolute atomic E-state index is 11.7. The van der Waals surface area contributed by atoms with Crippen LogP contribution in [0.25, 0.3) is 0 Å². The minimum absolute atomic E-state index is 0.0973. The molecule has 0 radical (unpaired) electrons. The van der Waals surface area contributed by atoms with Gasteiger partial charge in [0.15, 0.2) is 0 Å². The van der Waals surface area contributed by atoms with Crippen LogP contribution >= 0.6 is 0 Å². The topological polar surface area (TPSA) is 35.1 Å². The summed E-state index contributed by atoms with van der Waals surface area (Å²) in [4.78, 5) is 0. The molecule has 3 heteroatoms. The van der Waals surface area contributed by atoms with Crippen molar-refractivity contribution in [2.75, 3.05) is 33.2 Å². The smallest absolute Gasteiger partial charge is 0.0794 e. The highest BCUT2D eigenvalue weighted by Crippen LogP contribution is 2.10. The Hall–Kier alpha value is -0.120. The first-order valence-corrected chi connectivity index (χ1v) is 9.38. The van der Waals surface area contributed by atoms with E-state index in [0.29, 0.717) is 6.54 Å². The summed E-state index contributed by atoms with van der Waals surface area (Å²) in [5.41, 5.74) is 0. The van der Waals surface area contributed by atoms with Crippen LogP contribution in [0.3, 0.4) is 0 Å². The number of nitrogens with one attached hydrogen (secondary N) is 1. The highest BCUT2D eigenvalue weighted by Gasteiger charge is 2.04. The minimum atomic E-state index is -0.0973. The van der Waals surface area contributed by atoms with Crippen LogP contribution in [0, 0.1) is 5.21 Å². The van der Waals surface area contributed by atoms with Gasteiger partial charge in [-0.3, -0.25) is 0 Å². The summed E-state index contributed by atoms with van der Waals surface area (Å²) in [6.45, 7) is 7.76. The van der Waals surface area contributed by atoms with Gasteiger partial charge in [-0.1, -0.05) is 64.7 Å². The lowest BCUT2D eigenvalue weighted by Gasteiger charge is -2.37. The molecule has 1 N–H and O–H groups in total. The molecule has 128 valence electrons. The predicted molar refractivity (Wildman–Crippen MR) is 94.3 cm³/mol. The van der Waals surface area contributed by atoms with Crippen molar-refractivity contribution in [3.8, 4) is 0 Å². The monoisotopic (exact) mass is 300 g/mol. The third kappa shape index (κ3) is 16.1. The summed E-state index contributed by atoms with van der Waals surface area (Å²) < 4.78 is -0.0973. The van der Waals surface area contributed by atoms with Crippen molar-refractivity contribution in [2.45, 2.75) is 84.5 Å². The summed E-state index contributed by atoms with van der Waals surface area (Å²) in [7, 11) is 1.77. The van der Waals surface area contributed by atoms with Crippen molar-refractivity contribution >= 4 is 0 Å². The average molecular weight is 301 g/mol. The van der Waals surface area contributed by atoms with Gasteiger partial charge in [0.2, 0.25) is 0 Å². The second kappa shape index (κ2) is 14.8. The van der Waals surface area contributed by atoms with E-state index in [1.807, 2.05) is 6.92 Å². The molecule has 0 saturated heterocycles. The summed E-state index contributed by atoms with van der Waals surface area (Å²) in [6, 6.07) is 0. The van der Waals surface area contributed by atoms with Crippen LogP contribution in [0.15, 0.2) is 0 Å². The normalized spacial score (nSPS) is 14.3. The third-order valence-electron chi connectivity index (χ3n) is 4.36. The Kier molecular flexibility index (Phi) is 14.7. The standard InChI is InChI=1S/C18H40N2O/c1-4-6-7-8-9-10-11-12-13-14-16-19-17-15-18-20(3,21)5-2/h19H,4-18H2,1-3H3. The van der Waals surface area contributed by atoms with Crippen molar-refractivity contribution in [2.24, 2.45) is 0 Å². The average Bonchev–Trinajstić information content (AvgIpc) is 2.47. The van der Waals surface area contributed by atoms with Crippen LogP contribution < -0.4 is 5.32 Å². The van der Waals surface area contributed by atoms with E-state index < -0.39 is 0 Å². The molecule has 21 heavy (non-hydrogen) atoms. The molecular formula is C18H40N2O. The van der Waals surface area contributed by atoms with E-state index in [2.05, 4.69) is 12.2 Å². The molecule has 0 bridgehead atoms. The van der Waals surface area contributed by atoms with E-state index in [1.54, 1.807) is 7.05 Å². The van der Waals surface area contributed by atoms with E-state index >= 15 is 0 Å². The van der Waals surface area contributed by atoms with E-state index in [0.717, 1.165) is 26.1 Å². The molecule has 0 aromatic heterocycles. The Morgan fingerprint density at radius 3 is 1.71 bits per heavy atom. The summed E-state index contributed by atoms with van der Waals surface area (Å²) >= 11 is 0. The molecule has 0 saturated carbocycles. The molecule has 1 unspecified atom stereocenters. The van der Waals surface area contributed by atoms with Crippen LogP contribution in [-0.2, 0) is 0 Å². The molecule has 0 fully saturated rings. The fourth-order valence-electron chi connectivity index (χ4n) is 2.56. The molecule has 0 spiro atoms. The molecule has 0 aromatic rings. The molecule has 1 atom stereocenters. The molecule has 0 heterocycles. The van der Waals surface area contributed by atoms with Crippen molar-refractivity contribution in [1.29, 1.82) is 0 Å². The maximum Gasteiger partial charge on any atom is 0.0794 e. The van der Waals surface area contributed by atoms with Crippen molar-refractivity contribution < 1.29 is 4.65 Å². The summed E-state index contributed by atoms with van der Waals surface area (Å²) in [6.07, 6.45) is 14.9. The van der Waals surface area contributed by atoms with E-state index in [1.165, 1.54) is 64.2 Å². The molecule has 0 aliphatic rings. The molecule has 3 nitrogen and oxygen atoms in total. The first kappa shape index (κ1) is 20.9. The van der Waals surface area contributed by atoms with Gasteiger partial charge in [0.1, 0.15) is 0 Å². The van der Waals surface area contributed by atoms with Gasteiger partial charge in [-0.2, -0.15) is 0 Å². The Labute approximate surface area is 133 Å². The summed E-state index contributed by atoms with van der Waals surface area (Å²) in [5, 5.41) is 15.2. The second-order valence-electron chi connectivity index (χ2n) is 6.62. The Morgan fingerprint density at radius 1 is 0.714 bits per heavy atom. The fourth-order valence-corrected chi connectivity index (χ4v) is 2.56. The van der Waals surface area contributed by atoms with E-state index in [9.17, 15) is 5.21 Å². The van der Waals surface area contributed by atoms with Gasteiger partial charge in [0.25, 0.3) is 0 Å². The van der Waals surface area contributed by atoms with Crippen LogP contribution in [0.2, 0.25) is 0 Å². The van der Waals surface area contributed by atoms with Crippen LogP contribution in [0.1, 0.15) is 84.5 Å². The van der Waals surface area contributed by atoms with Gasteiger partial charge in [0, 0.05) is 13.0 Å². The lowest BCUT2D eigenvalue weighted by molar-refractivity contribution is -0.858. The van der Waals surface area contributed by atoms with Crippen molar-refractivity contribution in [3.63, 3.8) is 0 Å². The lowest BCUT2D eigenvalue weighted by Crippen LogP contribution is -2.39. The number of quaternary nitrogens is 1. The SMILES string of the molecule is CCCCCCCCCCCCNCCC[N+](C)([O-])CC. The minimum Gasteiger partial charge on any atom is -0.633 e. The molecule has 0 amide bonds. The first-order chi connectivity index (χ1) is 10.1. The van der Waals surface area contributed by atoms with Gasteiger partial charge in [-0.25, -0.2) is 0 Å². The quantitative estimate of drug-likeness (QED) is 0.251. The Balaban J connectivity index is 3.06. The number of hydroxylamine groups is 3. The molecule has 0 aliphatic heterocycles. The lowest BCUT2D eigenvalue weighted by atomic mass is 10.1. The zero-order chi connectivity index (χ0) is 15.8. The van der Waals surface area contributed by atoms with E-state index in [4.69, 9.17) is 0 Å². The first-order valence-electron chi connectivity index (χ1n) is 9.38. The Bertz CT molecular complexity index is 207. The number of rotatable bonds is 16. The Morgan fingerprint density at radius 2 is 1.19 bits per heavy atom. The molecule has 0 rings (SSSR count). The van der Waals surface area contributed by atoms with Crippen LogP contribution in [0.5, 0.6) is 0 Å². The highest BCUT2D eigenvalue weighted by atomic mass is 16.5. The van der Waals surface area contributed by atoms with Gasteiger partial charge < -0.3 is 15.2 Å². The van der Waals surface area contributed by atoms with Crippen molar-refractivity contribution in [1.82, 2.24) is 5.32 Å². The number of hydrogen-bond acceptors (Lipinski definition) is 2. The molecular weight excluding hydrogens is 260 g/mol. The van der Waals surface area contributed by atoms with E-state index in [-0.39, 0.29) is 4.65 Å².